The van der Waals surface area contributed by atoms with Crippen molar-refractivity contribution >= 4 is 23.0 Å². The molecule has 28 heavy (non-hydrogen) atoms. The zero-order valence-electron chi connectivity index (χ0n) is 16.4. The predicted octanol–water partition coefficient (Wildman–Crippen LogP) is 4.12. The molecule has 3 rings (SSSR count). The number of nitro groups is 1. The lowest BCUT2D eigenvalue weighted by Crippen LogP contribution is -2.33. The van der Waals surface area contributed by atoms with Gasteiger partial charge in [-0.1, -0.05) is 19.1 Å². The number of hydrogen-bond acceptors (Lipinski definition) is 5. The Morgan fingerprint density at radius 3 is 2.54 bits per heavy atom. The lowest BCUT2D eigenvalue weighted by atomic mass is 9.98. The molecule has 1 aliphatic rings. The first-order valence-electron chi connectivity index (χ1n) is 9.36. The lowest BCUT2D eigenvalue weighted by molar-refractivity contribution is -0.384. The summed E-state index contributed by atoms with van der Waals surface area (Å²) in [5.74, 6) is 0.865. The van der Waals surface area contributed by atoms with E-state index in [4.69, 9.17) is 4.74 Å². The number of amides is 1. The summed E-state index contributed by atoms with van der Waals surface area (Å²) in [6.07, 6.45) is 2.02. The van der Waals surface area contributed by atoms with E-state index < -0.39 is 4.92 Å². The number of carbonyl (C=O) groups is 1. The maximum Gasteiger partial charge on any atom is 0.293 e. The van der Waals surface area contributed by atoms with Crippen LogP contribution in [-0.4, -0.2) is 38.1 Å². The number of nitrogens with zero attached hydrogens (tertiary/aromatic N) is 3. The Morgan fingerprint density at radius 1 is 1.21 bits per heavy atom. The standard InChI is InChI=1S/C21H25N3O4/c1-15-10-12-23(13-11-15)17-9-8-16(14-19(17)24(26)27)21(25)22(2)18-6-4-5-7-20(18)28-3/h4-9,14-15H,10-13H2,1-3H3. The van der Waals surface area contributed by atoms with Crippen LogP contribution in [0, 0.1) is 16.0 Å². The predicted molar refractivity (Wildman–Crippen MR) is 109 cm³/mol. The van der Waals surface area contributed by atoms with E-state index in [9.17, 15) is 14.9 Å². The van der Waals surface area contributed by atoms with Crippen molar-refractivity contribution in [3.63, 3.8) is 0 Å². The van der Waals surface area contributed by atoms with Gasteiger partial charge in [0.15, 0.2) is 0 Å². The number of para-hydroxylation sites is 2. The summed E-state index contributed by atoms with van der Waals surface area (Å²) in [6.45, 7) is 3.77. The molecule has 0 bridgehead atoms. The number of hydrogen-bond donors (Lipinski definition) is 0. The normalized spacial score (nSPS) is 14.6. The minimum atomic E-state index is -0.409. The highest BCUT2D eigenvalue weighted by Crippen LogP contribution is 2.34. The summed E-state index contributed by atoms with van der Waals surface area (Å²) in [5.41, 5.74) is 1.42. The third-order valence-corrected chi connectivity index (χ3v) is 5.29. The Labute approximate surface area is 164 Å². The SMILES string of the molecule is COc1ccccc1N(C)C(=O)c1ccc(N2CCC(C)CC2)c([N+](=O)[O-])c1. The van der Waals surface area contributed by atoms with Crippen molar-refractivity contribution in [2.45, 2.75) is 19.8 Å². The maximum absolute atomic E-state index is 13.0. The van der Waals surface area contributed by atoms with Crippen LogP contribution in [0.2, 0.25) is 0 Å². The molecule has 0 radical (unpaired) electrons. The molecule has 0 atom stereocenters. The average molecular weight is 383 g/mol. The molecule has 0 N–H and O–H groups in total. The van der Waals surface area contributed by atoms with Crippen LogP contribution in [0.4, 0.5) is 17.1 Å². The Hall–Kier alpha value is -3.09. The molecule has 0 aliphatic carbocycles. The van der Waals surface area contributed by atoms with Gasteiger partial charge in [-0.05, 0) is 43.0 Å². The number of ether oxygens (including phenoxy) is 1. The molecule has 0 unspecified atom stereocenters. The Kier molecular flexibility index (Phi) is 5.82. The van der Waals surface area contributed by atoms with Crippen molar-refractivity contribution in [2.24, 2.45) is 5.92 Å². The average Bonchev–Trinajstić information content (AvgIpc) is 2.72. The fourth-order valence-electron chi connectivity index (χ4n) is 3.53. The molecule has 1 aliphatic heterocycles. The smallest absolute Gasteiger partial charge is 0.293 e. The van der Waals surface area contributed by atoms with E-state index in [1.165, 1.54) is 18.1 Å². The van der Waals surface area contributed by atoms with Gasteiger partial charge in [-0.25, -0.2) is 0 Å². The molecule has 0 saturated carbocycles. The highest BCUT2D eigenvalue weighted by Gasteiger charge is 2.26. The van der Waals surface area contributed by atoms with Gasteiger partial charge in [-0.15, -0.1) is 0 Å². The van der Waals surface area contributed by atoms with E-state index in [1.807, 2.05) is 17.0 Å². The van der Waals surface area contributed by atoms with E-state index in [0.717, 1.165) is 25.9 Å². The topological polar surface area (TPSA) is 75.9 Å². The van der Waals surface area contributed by atoms with Gasteiger partial charge in [0.1, 0.15) is 11.4 Å². The number of carbonyl (C=O) groups excluding carboxylic acids is 1. The monoisotopic (exact) mass is 383 g/mol. The van der Waals surface area contributed by atoms with Gasteiger partial charge in [0.2, 0.25) is 0 Å². The van der Waals surface area contributed by atoms with E-state index in [-0.39, 0.29) is 17.2 Å². The Morgan fingerprint density at radius 2 is 1.89 bits per heavy atom. The van der Waals surface area contributed by atoms with Gasteiger partial charge in [-0.3, -0.25) is 14.9 Å². The van der Waals surface area contributed by atoms with Crippen LogP contribution in [0.5, 0.6) is 5.75 Å². The molecule has 2 aromatic rings. The highest BCUT2D eigenvalue weighted by atomic mass is 16.6. The minimum Gasteiger partial charge on any atom is -0.495 e. The second-order valence-electron chi connectivity index (χ2n) is 7.17. The summed E-state index contributed by atoms with van der Waals surface area (Å²) in [6, 6.07) is 11.9. The van der Waals surface area contributed by atoms with Gasteiger partial charge in [-0.2, -0.15) is 0 Å². The molecule has 7 nitrogen and oxygen atoms in total. The summed E-state index contributed by atoms with van der Waals surface area (Å²) < 4.78 is 5.31. The first-order valence-corrected chi connectivity index (χ1v) is 9.36. The van der Waals surface area contributed by atoms with Gasteiger partial charge < -0.3 is 14.5 Å². The van der Waals surface area contributed by atoms with Crippen molar-refractivity contribution in [1.82, 2.24) is 0 Å². The first-order chi connectivity index (χ1) is 13.4. The van der Waals surface area contributed by atoms with Crippen LogP contribution in [0.1, 0.15) is 30.1 Å². The fourth-order valence-corrected chi connectivity index (χ4v) is 3.53. The second kappa shape index (κ2) is 8.29. The summed E-state index contributed by atoms with van der Waals surface area (Å²) in [7, 11) is 3.17. The van der Waals surface area contributed by atoms with E-state index in [2.05, 4.69) is 6.92 Å². The third kappa shape index (κ3) is 3.93. The quantitative estimate of drug-likeness (QED) is 0.573. The third-order valence-electron chi connectivity index (χ3n) is 5.29. The van der Waals surface area contributed by atoms with E-state index >= 15 is 0 Å². The number of nitro benzene ring substituents is 1. The van der Waals surface area contributed by atoms with Crippen molar-refractivity contribution in [1.29, 1.82) is 0 Å². The van der Waals surface area contributed by atoms with Crippen molar-refractivity contribution in [3.8, 4) is 5.75 Å². The summed E-state index contributed by atoms with van der Waals surface area (Å²) in [4.78, 5) is 27.7. The zero-order valence-corrected chi connectivity index (χ0v) is 16.4. The fraction of sp³-hybridized carbons (Fsp3) is 0.381. The second-order valence-corrected chi connectivity index (χ2v) is 7.17. The van der Waals surface area contributed by atoms with Crippen molar-refractivity contribution in [3.05, 3.63) is 58.1 Å². The van der Waals surface area contributed by atoms with Crippen LogP contribution in [0.3, 0.4) is 0 Å². The molecule has 0 aromatic heterocycles. The summed E-state index contributed by atoms with van der Waals surface area (Å²) in [5, 5.41) is 11.7. The van der Waals surface area contributed by atoms with Gasteiger partial charge in [0, 0.05) is 31.8 Å². The lowest BCUT2D eigenvalue weighted by Gasteiger charge is -2.31. The molecule has 1 saturated heterocycles. The molecule has 7 heteroatoms. The minimum absolute atomic E-state index is 0.0335. The van der Waals surface area contributed by atoms with Gasteiger partial charge in [0.05, 0.1) is 17.7 Å². The maximum atomic E-state index is 13.0. The van der Waals surface area contributed by atoms with Gasteiger partial charge >= 0.3 is 0 Å². The number of benzene rings is 2. The first kappa shape index (κ1) is 19.7. The Bertz CT molecular complexity index is 876. The van der Waals surface area contributed by atoms with Crippen LogP contribution in [-0.2, 0) is 0 Å². The number of piperidine rings is 1. The highest BCUT2D eigenvalue weighted by molar-refractivity contribution is 6.07. The van der Waals surface area contributed by atoms with Crippen LogP contribution in [0.25, 0.3) is 0 Å². The molecule has 2 aromatic carbocycles. The number of anilines is 2. The van der Waals surface area contributed by atoms with Crippen LogP contribution in [0.15, 0.2) is 42.5 Å². The number of methoxy groups -OCH3 is 1. The molecule has 0 spiro atoms. The van der Waals surface area contributed by atoms with Crippen LogP contribution < -0.4 is 14.5 Å². The zero-order chi connectivity index (χ0) is 20.3. The molecule has 1 heterocycles. The van der Waals surface area contributed by atoms with E-state index in [1.54, 1.807) is 31.3 Å². The van der Waals surface area contributed by atoms with Crippen LogP contribution >= 0.6 is 0 Å². The molecular weight excluding hydrogens is 358 g/mol. The number of rotatable bonds is 5. The summed E-state index contributed by atoms with van der Waals surface area (Å²) >= 11 is 0. The molecular formula is C21H25N3O4. The Balaban J connectivity index is 1.91. The largest absolute Gasteiger partial charge is 0.495 e. The van der Waals surface area contributed by atoms with Gasteiger partial charge in [0.25, 0.3) is 11.6 Å². The van der Waals surface area contributed by atoms with Crippen molar-refractivity contribution < 1.29 is 14.5 Å². The van der Waals surface area contributed by atoms with E-state index in [0.29, 0.717) is 23.0 Å². The van der Waals surface area contributed by atoms with Crippen molar-refractivity contribution in [2.75, 3.05) is 37.0 Å². The molecule has 148 valence electrons. The molecule has 1 amide bonds. The molecule has 1 fully saturated rings.